The second kappa shape index (κ2) is 8.61. The Morgan fingerprint density at radius 1 is 1.03 bits per heavy atom. The van der Waals surface area contributed by atoms with Crippen LogP contribution in [0, 0.1) is 19.8 Å². The van der Waals surface area contributed by atoms with Gasteiger partial charge in [0.1, 0.15) is 5.70 Å². The van der Waals surface area contributed by atoms with E-state index in [9.17, 15) is 14.4 Å². The van der Waals surface area contributed by atoms with Gasteiger partial charge in [0, 0.05) is 25.7 Å². The number of carbonyl (C=O) groups is 3. The molecule has 0 bridgehead atoms. The zero-order valence-electron chi connectivity index (χ0n) is 19.1. The van der Waals surface area contributed by atoms with Crippen LogP contribution in [0.3, 0.4) is 0 Å². The monoisotopic (exact) mass is 431 g/mol. The van der Waals surface area contributed by atoms with E-state index in [1.807, 2.05) is 32.0 Å². The highest BCUT2D eigenvalue weighted by molar-refractivity contribution is 6.45. The van der Waals surface area contributed by atoms with Crippen molar-refractivity contribution in [3.63, 3.8) is 0 Å². The van der Waals surface area contributed by atoms with E-state index in [1.54, 1.807) is 24.3 Å². The number of aryl methyl sites for hydroxylation is 1. The molecule has 2 heterocycles. The Morgan fingerprint density at radius 2 is 1.75 bits per heavy atom. The van der Waals surface area contributed by atoms with Gasteiger partial charge in [-0.3, -0.25) is 14.4 Å². The molecule has 4 rings (SSSR count). The standard InChI is InChI=1S/C26H29N3O3/c1-16-7-6-14-28(15-16)24-23(20-10-12-21(13-11-20)27-19(4)30)25(31)29(26(24)32)22-9-5-8-17(2)18(22)3/h5,8-13,16H,6-7,14-15H2,1-4H3,(H,27,30). The predicted molar refractivity (Wildman–Crippen MR) is 126 cm³/mol. The molecule has 6 heteroatoms. The van der Waals surface area contributed by atoms with E-state index < -0.39 is 0 Å². The molecule has 2 aliphatic heterocycles. The van der Waals surface area contributed by atoms with Gasteiger partial charge in [-0.05, 0) is 67.5 Å². The molecule has 32 heavy (non-hydrogen) atoms. The molecular formula is C26H29N3O3. The number of hydrogen-bond acceptors (Lipinski definition) is 4. The summed E-state index contributed by atoms with van der Waals surface area (Å²) >= 11 is 0. The van der Waals surface area contributed by atoms with Gasteiger partial charge in [0.15, 0.2) is 0 Å². The second-order valence-corrected chi connectivity index (χ2v) is 8.84. The molecule has 0 spiro atoms. The Morgan fingerprint density at radius 3 is 2.41 bits per heavy atom. The summed E-state index contributed by atoms with van der Waals surface area (Å²) in [5.74, 6) is -0.270. The summed E-state index contributed by atoms with van der Waals surface area (Å²) in [6.07, 6.45) is 2.11. The number of amides is 3. The first kappa shape index (κ1) is 21.8. The number of hydrogen-bond donors (Lipinski definition) is 1. The van der Waals surface area contributed by atoms with E-state index in [0.717, 1.165) is 37.1 Å². The Bertz CT molecular complexity index is 1120. The van der Waals surface area contributed by atoms with Crippen LogP contribution in [-0.4, -0.2) is 35.7 Å². The van der Waals surface area contributed by atoms with Gasteiger partial charge < -0.3 is 10.2 Å². The lowest BCUT2D eigenvalue weighted by Gasteiger charge is -2.33. The molecule has 2 aliphatic rings. The van der Waals surface area contributed by atoms with Gasteiger partial charge in [-0.15, -0.1) is 0 Å². The maximum atomic E-state index is 13.7. The molecule has 0 radical (unpaired) electrons. The average molecular weight is 432 g/mol. The summed E-state index contributed by atoms with van der Waals surface area (Å²) in [7, 11) is 0. The quantitative estimate of drug-likeness (QED) is 0.734. The Kier molecular flexibility index (Phi) is 5.87. The van der Waals surface area contributed by atoms with Crippen molar-refractivity contribution in [2.45, 2.75) is 40.5 Å². The Balaban J connectivity index is 1.81. The minimum atomic E-state index is -0.302. The number of imide groups is 1. The average Bonchev–Trinajstić information content (AvgIpc) is 3.00. The van der Waals surface area contributed by atoms with Crippen molar-refractivity contribution in [3.05, 3.63) is 64.9 Å². The lowest BCUT2D eigenvalue weighted by atomic mass is 9.97. The third-order valence-electron chi connectivity index (χ3n) is 6.34. The van der Waals surface area contributed by atoms with Crippen molar-refractivity contribution >= 4 is 34.7 Å². The molecule has 2 aromatic carbocycles. The molecule has 1 fully saturated rings. The molecular weight excluding hydrogens is 402 g/mol. The first-order valence-electron chi connectivity index (χ1n) is 11.1. The van der Waals surface area contributed by atoms with Crippen LogP contribution in [0.15, 0.2) is 48.2 Å². The topological polar surface area (TPSA) is 69.7 Å². The van der Waals surface area contributed by atoms with E-state index in [1.165, 1.54) is 11.8 Å². The predicted octanol–water partition coefficient (Wildman–Crippen LogP) is 4.28. The SMILES string of the molecule is CC(=O)Nc1ccc(C2=C(N3CCCC(C)C3)C(=O)N(c3cccc(C)c3C)C2=O)cc1. The molecule has 2 aromatic rings. The largest absolute Gasteiger partial charge is 0.366 e. The van der Waals surface area contributed by atoms with Gasteiger partial charge >= 0.3 is 0 Å². The van der Waals surface area contributed by atoms with Crippen molar-refractivity contribution < 1.29 is 14.4 Å². The van der Waals surface area contributed by atoms with E-state index >= 15 is 0 Å². The van der Waals surface area contributed by atoms with Gasteiger partial charge in [0.25, 0.3) is 11.8 Å². The Labute approximate surface area is 188 Å². The molecule has 0 saturated carbocycles. The smallest absolute Gasteiger partial charge is 0.282 e. The maximum Gasteiger partial charge on any atom is 0.282 e. The summed E-state index contributed by atoms with van der Waals surface area (Å²) in [5.41, 5.74) is 4.82. The van der Waals surface area contributed by atoms with Crippen molar-refractivity contribution in [2.24, 2.45) is 5.92 Å². The van der Waals surface area contributed by atoms with Crippen LogP contribution in [0.5, 0.6) is 0 Å². The van der Waals surface area contributed by atoms with Crippen LogP contribution in [0.25, 0.3) is 5.57 Å². The number of carbonyl (C=O) groups excluding carboxylic acids is 3. The van der Waals surface area contributed by atoms with Crippen molar-refractivity contribution in [3.8, 4) is 0 Å². The lowest BCUT2D eigenvalue weighted by molar-refractivity contribution is -0.121. The highest BCUT2D eigenvalue weighted by atomic mass is 16.2. The molecule has 0 aromatic heterocycles. The number of anilines is 2. The molecule has 1 atom stereocenters. The number of likely N-dealkylation sites (tertiary alicyclic amines) is 1. The van der Waals surface area contributed by atoms with Crippen LogP contribution >= 0.6 is 0 Å². The van der Waals surface area contributed by atoms with Gasteiger partial charge in [0.2, 0.25) is 5.91 Å². The van der Waals surface area contributed by atoms with Crippen LogP contribution in [0.2, 0.25) is 0 Å². The van der Waals surface area contributed by atoms with Crippen LogP contribution < -0.4 is 10.2 Å². The van der Waals surface area contributed by atoms with Crippen molar-refractivity contribution in [1.82, 2.24) is 4.90 Å². The number of piperidine rings is 1. The third-order valence-corrected chi connectivity index (χ3v) is 6.34. The maximum absolute atomic E-state index is 13.7. The lowest BCUT2D eigenvalue weighted by Crippen LogP contribution is -2.39. The molecule has 166 valence electrons. The summed E-state index contributed by atoms with van der Waals surface area (Å²) in [5, 5.41) is 2.74. The van der Waals surface area contributed by atoms with E-state index in [2.05, 4.69) is 17.1 Å². The Hall–Kier alpha value is -3.41. The molecule has 3 amide bonds. The van der Waals surface area contributed by atoms with Crippen molar-refractivity contribution in [2.75, 3.05) is 23.3 Å². The van der Waals surface area contributed by atoms with Crippen LogP contribution in [0.1, 0.15) is 43.4 Å². The first-order valence-corrected chi connectivity index (χ1v) is 11.1. The van der Waals surface area contributed by atoms with Gasteiger partial charge in [-0.1, -0.05) is 31.2 Å². The highest BCUT2D eigenvalue weighted by Crippen LogP contribution is 2.38. The number of nitrogens with zero attached hydrogens (tertiary/aromatic N) is 2. The number of rotatable bonds is 4. The molecule has 1 saturated heterocycles. The van der Waals surface area contributed by atoms with Crippen LogP contribution in [-0.2, 0) is 14.4 Å². The molecule has 6 nitrogen and oxygen atoms in total. The normalized spacial score (nSPS) is 19.1. The minimum Gasteiger partial charge on any atom is -0.366 e. The third kappa shape index (κ3) is 3.93. The van der Waals surface area contributed by atoms with E-state index in [4.69, 9.17) is 0 Å². The molecule has 0 aliphatic carbocycles. The summed E-state index contributed by atoms with van der Waals surface area (Å²) in [4.78, 5) is 42.2. The van der Waals surface area contributed by atoms with Crippen LogP contribution in [0.4, 0.5) is 11.4 Å². The fourth-order valence-corrected chi connectivity index (χ4v) is 4.58. The molecule has 1 N–H and O–H groups in total. The highest BCUT2D eigenvalue weighted by Gasteiger charge is 2.43. The summed E-state index contributed by atoms with van der Waals surface area (Å²) in [6.45, 7) is 9.06. The summed E-state index contributed by atoms with van der Waals surface area (Å²) in [6, 6.07) is 12.8. The van der Waals surface area contributed by atoms with Gasteiger partial charge in [0.05, 0.1) is 11.3 Å². The second-order valence-electron chi connectivity index (χ2n) is 8.84. The zero-order valence-corrected chi connectivity index (χ0v) is 19.1. The number of benzene rings is 2. The van der Waals surface area contributed by atoms with Gasteiger partial charge in [-0.2, -0.15) is 0 Å². The fraction of sp³-hybridized carbons (Fsp3) is 0.346. The molecule has 1 unspecified atom stereocenters. The van der Waals surface area contributed by atoms with Gasteiger partial charge in [-0.25, -0.2) is 4.90 Å². The minimum absolute atomic E-state index is 0.159. The first-order chi connectivity index (χ1) is 15.3. The van der Waals surface area contributed by atoms with Crippen molar-refractivity contribution in [1.29, 1.82) is 0 Å². The zero-order chi connectivity index (χ0) is 23.0. The van der Waals surface area contributed by atoms with E-state index in [0.29, 0.717) is 34.1 Å². The fourth-order valence-electron chi connectivity index (χ4n) is 4.58. The number of nitrogens with one attached hydrogen (secondary N) is 1. The summed E-state index contributed by atoms with van der Waals surface area (Å²) < 4.78 is 0. The van der Waals surface area contributed by atoms with E-state index in [-0.39, 0.29) is 17.7 Å².